The summed E-state index contributed by atoms with van der Waals surface area (Å²) in [7, 11) is 0. The van der Waals surface area contributed by atoms with Crippen LogP contribution in [0.5, 0.6) is 0 Å². The molecule has 4 N–H and O–H groups in total. The minimum Gasteiger partial charge on any atom is -0.409 e. The second-order valence-corrected chi connectivity index (χ2v) is 3.96. The van der Waals surface area contributed by atoms with Gasteiger partial charge in [0.1, 0.15) is 5.69 Å². The summed E-state index contributed by atoms with van der Waals surface area (Å²) in [5, 5.41) is 15.0. The zero-order chi connectivity index (χ0) is 13.5. The van der Waals surface area contributed by atoms with Gasteiger partial charge in [0.05, 0.1) is 0 Å². The van der Waals surface area contributed by atoms with E-state index < -0.39 is 0 Å². The number of rotatable bonds is 5. The Balaban J connectivity index is 2.00. The highest BCUT2D eigenvalue weighted by atomic mass is 16.4. The van der Waals surface area contributed by atoms with Crippen molar-refractivity contribution in [1.29, 1.82) is 0 Å². The van der Waals surface area contributed by atoms with Crippen LogP contribution in [0.1, 0.15) is 16.8 Å². The third-order valence-electron chi connectivity index (χ3n) is 2.61. The van der Waals surface area contributed by atoms with Crippen LogP contribution in [0.4, 0.5) is 0 Å². The van der Waals surface area contributed by atoms with Gasteiger partial charge in [-0.1, -0.05) is 17.3 Å². The fourth-order valence-corrected chi connectivity index (χ4v) is 1.70. The lowest BCUT2D eigenvalue weighted by Gasteiger charge is -2.08. The van der Waals surface area contributed by atoms with Gasteiger partial charge < -0.3 is 16.3 Å². The first-order valence-electron chi connectivity index (χ1n) is 5.82. The van der Waals surface area contributed by atoms with E-state index in [0.717, 1.165) is 11.1 Å². The second-order valence-electron chi connectivity index (χ2n) is 3.96. The van der Waals surface area contributed by atoms with E-state index in [1.807, 2.05) is 24.3 Å². The average Bonchev–Trinajstić information content (AvgIpc) is 2.48. The molecule has 0 aromatic carbocycles. The number of amidine groups is 1. The highest BCUT2D eigenvalue weighted by molar-refractivity contribution is 5.96. The number of hydrogen-bond donors (Lipinski definition) is 3. The van der Waals surface area contributed by atoms with Gasteiger partial charge in [0.25, 0.3) is 0 Å². The molecule has 6 nitrogen and oxygen atoms in total. The Hall–Kier alpha value is -2.47. The molecule has 2 rings (SSSR count). The van der Waals surface area contributed by atoms with Gasteiger partial charge in [0.15, 0.2) is 5.84 Å². The summed E-state index contributed by atoms with van der Waals surface area (Å²) >= 11 is 0. The third kappa shape index (κ3) is 3.49. The van der Waals surface area contributed by atoms with E-state index in [4.69, 9.17) is 10.9 Å². The molecule has 0 fully saturated rings. The molecule has 0 unspecified atom stereocenters. The smallest absolute Gasteiger partial charge is 0.189 e. The van der Waals surface area contributed by atoms with Crippen LogP contribution in [0.25, 0.3) is 0 Å². The van der Waals surface area contributed by atoms with E-state index in [-0.39, 0.29) is 5.84 Å². The van der Waals surface area contributed by atoms with Gasteiger partial charge in [0, 0.05) is 31.7 Å². The summed E-state index contributed by atoms with van der Waals surface area (Å²) in [6, 6.07) is 7.59. The number of pyridine rings is 2. The molecule has 0 saturated carbocycles. The third-order valence-corrected chi connectivity index (χ3v) is 2.61. The van der Waals surface area contributed by atoms with Gasteiger partial charge in [-0.2, -0.15) is 0 Å². The first-order valence-corrected chi connectivity index (χ1v) is 5.82. The second kappa shape index (κ2) is 6.46. The van der Waals surface area contributed by atoms with E-state index in [9.17, 15) is 0 Å². The van der Waals surface area contributed by atoms with Gasteiger partial charge in [-0.15, -0.1) is 0 Å². The Morgan fingerprint density at radius 2 is 2.11 bits per heavy atom. The molecule has 0 aliphatic carbocycles. The zero-order valence-electron chi connectivity index (χ0n) is 10.3. The normalized spacial score (nSPS) is 11.5. The van der Waals surface area contributed by atoms with Crippen LogP contribution >= 0.6 is 0 Å². The molecule has 0 amide bonds. The van der Waals surface area contributed by atoms with Crippen molar-refractivity contribution in [1.82, 2.24) is 15.3 Å². The predicted molar refractivity (Wildman–Crippen MR) is 71.5 cm³/mol. The van der Waals surface area contributed by atoms with E-state index in [1.165, 1.54) is 0 Å². The number of oxime groups is 1. The average molecular weight is 257 g/mol. The summed E-state index contributed by atoms with van der Waals surface area (Å²) in [6.45, 7) is 1.27. The zero-order valence-corrected chi connectivity index (χ0v) is 10.3. The largest absolute Gasteiger partial charge is 0.409 e. The molecule has 0 bridgehead atoms. The highest BCUT2D eigenvalue weighted by Gasteiger charge is 2.07. The number of nitrogens with zero attached hydrogens (tertiary/aromatic N) is 3. The van der Waals surface area contributed by atoms with E-state index in [2.05, 4.69) is 20.4 Å². The summed E-state index contributed by atoms with van der Waals surface area (Å²) in [5.74, 6) is 0.0128. The van der Waals surface area contributed by atoms with Crippen molar-refractivity contribution in [2.75, 3.05) is 0 Å². The lowest BCUT2D eigenvalue weighted by Crippen LogP contribution is -2.21. The van der Waals surface area contributed by atoms with Crippen molar-refractivity contribution in [2.45, 2.75) is 13.1 Å². The topological polar surface area (TPSA) is 96.4 Å². The highest BCUT2D eigenvalue weighted by Crippen LogP contribution is 2.05. The van der Waals surface area contributed by atoms with Crippen LogP contribution in [-0.2, 0) is 13.1 Å². The summed E-state index contributed by atoms with van der Waals surface area (Å²) < 4.78 is 0. The fraction of sp³-hybridized carbons (Fsp3) is 0.154. The van der Waals surface area contributed by atoms with Crippen molar-refractivity contribution in [3.8, 4) is 0 Å². The van der Waals surface area contributed by atoms with Gasteiger partial charge in [-0.05, 0) is 23.3 Å². The standard InChI is InChI=1S/C13H15N5O/c14-13(18-19)12-11(4-2-6-17-12)9-16-8-10-3-1-5-15-7-10/h1-7,16,19H,8-9H2,(H2,14,18). The molecule has 0 radical (unpaired) electrons. The lowest BCUT2D eigenvalue weighted by molar-refractivity contribution is 0.318. The van der Waals surface area contributed by atoms with E-state index in [1.54, 1.807) is 18.6 Å². The van der Waals surface area contributed by atoms with E-state index in [0.29, 0.717) is 18.8 Å². The molecule has 2 aromatic rings. The molecule has 0 spiro atoms. The number of aromatic nitrogens is 2. The summed E-state index contributed by atoms with van der Waals surface area (Å²) in [5.41, 5.74) is 8.04. The fourth-order valence-electron chi connectivity index (χ4n) is 1.70. The lowest BCUT2D eigenvalue weighted by atomic mass is 10.1. The van der Waals surface area contributed by atoms with Crippen LogP contribution in [0, 0.1) is 0 Å². The maximum absolute atomic E-state index is 8.71. The van der Waals surface area contributed by atoms with Gasteiger partial charge in [-0.25, -0.2) is 0 Å². The van der Waals surface area contributed by atoms with Gasteiger partial charge in [0.2, 0.25) is 0 Å². The molecule has 0 saturated heterocycles. The van der Waals surface area contributed by atoms with Crippen LogP contribution in [0.15, 0.2) is 48.0 Å². The molecule has 2 aromatic heterocycles. The summed E-state index contributed by atoms with van der Waals surface area (Å²) in [6.07, 6.45) is 5.15. The van der Waals surface area contributed by atoms with Crippen molar-refractivity contribution >= 4 is 5.84 Å². The predicted octanol–water partition coefficient (Wildman–Crippen LogP) is 0.861. The molecule has 0 atom stereocenters. The minimum atomic E-state index is 0.0128. The van der Waals surface area contributed by atoms with Gasteiger partial charge >= 0.3 is 0 Å². The Morgan fingerprint density at radius 1 is 1.26 bits per heavy atom. The van der Waals surface area contributed by atoms with Crippen LogP contribution in [-0.4, -0.2) is 21.0 Å². The Labute approximate surface area is 111 Å². The molecule has 2 heterocycles. The monoisotopic (exact) mass is 257 g/mol. The Morgan fingerprint density at radius 3 is 2.84 bits per heavy atom. The molecule has 6 heteroatoms. The molecular formula is C13H15N5O. The quantitative estimate of drug-likeness (QED) is 0.319. The maximum atomic E-state index is 8.71. The van der Waals surface area contributed by atoms with Crippen molar-refractivity contribution in [3.63, 3.8) is 0 Å². The van der Waals surface area contributed by atoms with Gasteiger partial charge in [-0.3, -0.25) is 9.97 Å². The van der Waals surface area contributed by atoms with Crippen LogP contribution in [0.2, 0.25) is 0 Å². The Kier molecular flexibility index (Phi) is 4.41. The molecule has 19 heavy (non-hydrogen) atoms. The van der Waals surface area contributed by atoms with E-state index >= 15 is 0 Å². The SMILES string of the molecule is NC(=NO)c1ncccc1CNCc1cccnc1. The molecular weight excluding hydrogens is 242 g/mol. The number of hydrogen-bond acceptors (Lipinski definition) is 5. The first-order chi connectivity index (χ1) is 9.31. The van der Waals surface area contributed by atoms with Crippen molar-refractivity contribution in [2.24, 2.45) is 10.9 Å². The van der Waals surface area contributed by atoms with Crippen molar-refractivity contribution in [3.05, 3.63) is 59.7 Å². The van der Waals surface area contributed by atoms with Crippen molar-refractivity contribution < 1.29 is 5.21 Å². The molecule has 98 valence electrons. The molecule has 0 aliphatic rings. The minimum absolute atomic E-state index is 0.0128. The Bertz CT molecular complexity index is 556. The maximum Gasteiger partial charge on any atom is 0.189 e. The molecule has 0 aliphatic heterocycles. The number of nitrogens with two attached hydrogens (primary N) is 1. The van der Waals surface area contributed by atoms with Crippen LogP contribution in [0.3, 0.4) is 0 Å². The summed E-state index contributed by atoms with van der Waals surface area (Å²) in [4.78, 5) is 8.15. The first kappa shape index (κ1) is 13.0. The van der Waals surface area contributed by atoms with Crippen LogP contribution < -0.4 is 11.1 Å². The number of nitrogens with one attached hydrogen (secondary N) is 1.